The summed E-state index contributed by atoms with van der Waals surface area (Å²) in [7, 11) is 1.58. The molecule has 2 aromatic rings. The number of phenols is 2. The van der Waals surface area contributed by atoms with Crippen molar-refractivity contribution in [3.8, 4) is 17.2 Å². The van der Waals surface area contributed by atoms with Crippen LogP contribution in [0, 0.1) is 0 Å². The molecule has 1 saturated heterocycles. The first-order valence-corrected chi connectivity index (χ1v) is 9.28. The van der Waals surface area contributed by atoms with Gasteiger partial charge in [-0.05, 0) is 72.3 Å². The first-order chi connectivity index (χ1) is 12.7. The van der Waals surface area contributed by atoms with E-state index in [4.69, 9.17) is 4.74 Å². The van der Waals surface area contributed by atoms with Crippen molar-refractivity contribution in [2.45, 2.75) is 31.7 Å². The van der Waals surface area contributed by atoms with Gasteiger partial charge in [0, 0.05) is 12.6 Å². The van der Waals surface area contributed by atoms with E-state index in [0.717, 1.165) is 30.6 Å². The highest BCUT2D eigenvalue weighted by atomic mass is 16.5. The lowest BCUT2D eigenvalue weighted by atomic mass is 9.83. The first kappa shape index (κ1) is 17.0. The van der Waals surface area contributed by atoms with Gasteiger partial charge >= 0.3 is 0 Å². The van der Waals surface area contributed by atoms with Gasteiger partial charge in [0.2, 0.25) is 0 Å². The molecule has 0 saturated carbocycles. The fourth-order valence-electron chi connectivity index (χ4n) is 4.24. The second kappa shape index (κ2) is 7.04. The minimum Gasteiger partial charge on any atom is -0.508 e. The Hall–Kier alpha value is -2.46. The summed E-state index contributed by atoms with van der Waals surface area (Å²) in [5, 5.41) is 19.6. The molecule has 1 fully saturated rings. The van der Waals surface area contributed by atoms with E-state index in [0.29, 0.717) is 11.8 Å². The van der Waals surface area contributed by atoms with Gasteiger partial charge in [0.25, 0.3) is 0 Å². The molecule has 2 heterocycles. The predicted octanol–water partition coefficient (Wildman–Crippen LogP) is 4.28. The topological polar surface area (TPSA) is 52.9 Å². The molecule has 26 heavy (non-hydrogen) atoms. The maximum absolute atomic E-state index is 9.96. The lowest BCUT2D eigenvalue weighted by Crippen LogP contribution is -2.43. The van der Waals surface area contributed by atoms with Crippen LogP contribution < -0.4 is 4.74 Å². The minimum atomic E-state index is 0.165. The number of piperidine rings is 1. The van der Waals surface area contributed by atoms with Crippen molar-refractivity contribution in [3.63, 3.8) is 0 Å². The molecule has 136 valence electrons. The van der Waals surface area contributed by atoms with Crippen LogP contribution in [0.5, 0.6) is 17.2 Å². The van der Waals surface area contributed by atoms with Gasteiger partial charge in [-0.25, -0.2) is 0 Å². The van der Waals surface area contributed by atoms with Crippen LogP contribution in [-0.2, 0) is 0 Å². The van der Waals surface area contributed by atoms with Crippen molar-refractivity contribution in [2.75, 3.05) is 20.2 Å². The van der Waals surface area contributed by atoms with E-state index in [1.54, 1.807) is 25.3 Å². The molecule has 2 aliphatic heterocycles. The molecule has 4 rings (SSSR count). The summed E-state index contributed by atoms with van der Waals surface area (Å²) in [4.78, 5) is 2.59. The van der Waals surface area contributed by atoms with Crippen LogP contribution in [0.15, 0.2) is 42.5 Å². The third kappa shape index (κ3) is 3.17. The van der Waals surface area contributed by atoms with Crippen molar-refractivity contribution >= 4 is 11.1 Å². The van der Waals surface area contributed by atoms with E-state index >= 15 is 0 Å². The number of fused-ring (bicyclic) bond motifs is 1. The van der Waals surface area contributed by atoms with Crippen molar-refractivity contribution in [3.05, 3.63) is 53.6 Å². The molecule has 4 nitrogen and oxygen atoms in total. The second-order valence-electron chi connectivity index (χ2n) is 7.21. The van der Waals surface area contributed by atoms with Crippen molar-refractivity contribution in [1.82, 2.24) is 4.90 Å². The molecular formula is C22H25NO3. The van der Waals surface area contributed by atoms with Crippen molar-refractivity contribution in [2.24, 2.45) is 0 Å². The Labute approximate surface area is 154 Å². The van der Waals surface area contributed by atoms with Crippen molar-refractivity contribution in [1.29, 1.82) is 0 Å². The third-order valence-electron chi connectivity index (χ3n) is 5.66. The third-order valence-corrected chi connectivity index (χ3v) is 5.66. The molecule has 0 aliphatic carbocycles. The zero-order valence-electron chi connectivity index (χ0n) is 15.1. The Kier molecular flexibility index (Phi) is 4.60. The lowest BCUT2D eigenvalue weighted by Gasteiger charge is -2.41. The van der Waals surface area contributed by atoms with E-state index in [1.165, 1.54) is 30.4 Å². The SMILES string of the molecule is COc1cc(C2=C(c3ccc(O)cc3)CN3CCCCC3C2)ccc1O. The average Bonchev–Trinajstić information content (AvgIpc) is 2.68. The Morgan fingerprint density at radius 1 is 0.962 bits per heavy atom. The molecule has 0 amide bonds. The van der Waals surface area contributed by atoms with E-state index in [9.17, 15) is 10.2 Å². The van der Waals surface area contributed by atoms with Crippen LogP contribution in [0.2, 0.25) is 0 Å². The Bertz CT molecular complexity index is 826. The molecular weight excluding hydrogens is 326 g/mol. The number of hydrogen-bond donors (Lipinski definition) is 2. The Balaban J connectivity index is 1.82. The monoisotopic (exact) mass is 351 g/mol. The number of ether oxygens (including phenoxy) is 1. The summed E-state index contributed by atoms with van der Waals surface area (Å²) in [5.74, 6) is 0.957. The van der Waals surface area contributed by atoms with E-state index in [-0.39, 0.29) is 11.5 Å². The van der Waals surface area contributed by atoms with Gasteiger partial charge < -0.3 is 14.9 Å². The van der Waals surface area contributed by atoms with Crippen LogP contribution >= 0.6 is 0 Å². The van der Waals surface area contributed by atoms with Crippen molar-refractivity contribution < 1.29 is 14.9 Å². The highest BCUT2D eigenvalue weighted by molar-refractivity contribution is 5.93. The number of rotatable bonds is 3. The van der Waals surface area contributed by atoms with Crippen LogP contribution in [-0.4, -0.2) is 41.4 Å². The first-order valence-electron chi connectivity index (χ1n) is 9.28. The lowest BCUT2D eigenvalue weighted by molar-refractivity contribution is 0.165. The highest BCUT2D eigenvalue weighted by Gasteiger charge is 2.31. The summed E-state index contributed by atoms with van der Waals surface area (Å²) in [5.41, 5.74) is 4.87. The zero-order chi connectivity index (χ0) is 18.1. The molecule has 1 atom stereocenters. The number of phenolic OH excluding ortho intramolecular Hbond substituents is 2. The van der Waals surface area contributed by atoms with Crippen LogP contribution in [0.1, 0.15) is 36.8 Å². The summed E-state index contributed by atoms with van der Waals surface area (Å²) in [6.07, 6.45) is 4.80. The molecule has 0 aromatic heterocycles. The van der Waals surface area contributed by atoms with E-state index < -0.39 is 0 Å². The number of aromatic hydroxyl groups is 2. The number of methoxy groups -OCH3 is 1. The molecule has 0 radical (unpaired) electrons. The molecule has 1 unspecified atom stereocenters. The number of benzene rings is 2. The largest absolute Gasteiger partial charge is 0.508 e. The maximum Gasteiger partial charge on any atom is 0.161 e. The number of nitrogens with zero attached hydrogens (tertiary/aromatic N) is 1. The molecule has 0 bridgehead atoms. The number of hydrogen-bond acceptors (Lipinski definition) is 4. The fraction of sp³-hybridized carbons (Fsp3) is 0.364. The quantitative estimate of drug-likeness (QED) is 0.867. The van der Waals surface area contributed by atoms with Gasteiger partial charge in [-0.15, -0.1) is 0 Å². The van der Waals surface area contributed by atoms with E-state index in [2.05, 4.69) is 4.90 Å². The van der Waals surface area contributed by atoms with Gasteiger partial charge in [-0.3, -0.25) is 4.90 Å². The van der Waals surface area contributed by atoms with E-state index in [1.807, 2.05) is 24.3 Å². The Morgan fingerprint density at radius 3 is 2.50 bits per heavy atom. The van der Waals surface area contributed by atoms with Gasteiger partial charge in [-0.1, -0.05) is 24.6 Å². The normalized spacial score (nSPS) is 20.7. The molecule has 2 N–H and O–H groups in total. The summed E-state index contributed by atoms with van der Waals surface area (Å²) in [6, 6.07) is 13.7. The van der Waals surface area contributed by atoms with Gasteiger partial charge in [0.1, 0.15) is 5.75 Å². The standard InChI is InChI=1S/C22H25NO3/c1-26-22-12-16(7-10-21(22)25)19-13-17-4-2-3-11-23(17)14-20(19)15-5-8-18(24)9-6-15/h5-10,12,17,24-25H,2-4,11,13-14H2,1H3. The van der Waals surface area contributed by atoms with Gasteiger partial charge in [0.05, 0.1) is 7.11 Å². The Morgan fingerprint density at radius 2 is 1.73 bits per heavy atom. The zero-order valence-corrected chi connectivity index (χ0v) is 15.1. The summed E-state index contributed by atoms with van der Waals surface area (Å²) >= 11 is 0. The molecule has 0 spiro atoms. The van der Waals surface area contributed by atoms with Crippen LogP contribution in [0.25, 0.3) is 11.1 Å². The van der Waals surface area contributed by atoms with Crippen LogP contribution in [0.3, 0.4) is 0 Å². The predicted molar refractivity (Wildman–Crippen MR) is 103 cm³/mol. The summed E-state index contributed by atoms with van der Waals surface area (Å²) < 4.78 is 5.32. The van der Waals surface area contributed by atoms with Gasteiger partial charge in [0.15, 0.2) is 11.5 Å². The minimum absolute atomic E-state index is 0.165. The molecule has 4 heteroatoms. The smallest absolute Gasteiger partial charge is 0.161 e. The summed E-state index contributed by atoms with van der Waals surface area (Å²) in [6.45, 7) is 2.08. The second-order valence-corrected chi connectivity index (χ2v) is 7.21. The van der Waals surface area contributed by atoms with Gasteiger partial charge in [-0.2, -0.15) is 0 Å². The maximum atomic E-state index is 9.96. The molecule has 2 aliphatic rings. The highest BCUT2D eigenvalue weighted by Crippen LogP contribution is 2.41. The van der Waals surface area contributed by atoms with Crippen LogP contribution in [0.4, 0.5) is 0 Å². The fourth-order valence-corrected chi connectivity index (χ4v) is 4.24. The molecule has 2 aromatic carbocycles. The average molecular weight is 351 g/mol.